The van der Waals surface area contributed by atoms with E-state index in [1.54, 1.807) is 25.4 Å². The van der Waals surface area contributed by atoms with Crippen LogP contribution in [0, 0.1) is 0 Å². The van der Waals surface area contributed by atoms with Crippen molar-refractivity contribution in [1.29, 1.82) is 0 Å². The lowest BCUT2D eigenvalue weighted by molar-refractivity contribution is -0.130. The molecule has 0 N–H and O–H groups in total. The molecule has 3 rings (SSSR count). The molecule has 2 aromatic carbocycles. The van der Waals surface area contributed by atoms with Gasteiger partial charge in [0.1, 0.15) is 6.26 Å². The smallest absolute Gasteiger partial charge is 0.229 e. The van der Waals surface area contributed by atoms with Crippen LogP contribution in [0.4, 0.5) is 0 Å². The van der Waals surface area contributed by atoms with Crippen LogP contribution in [-0.2, 0) is 17.8 Å². The van der Waals surface area contributed by atoms with Crippen molar-refractivity contribution in [2.45, 2.75) is 19.9 Å². The number of carbonyl (C=O) groups excluding carboxylic acids is 1. The molecule has 1 aromatic heterocycles. The maximum absolute atomic E-state index is 12.8. The highest BCUT2D eigenvalue weighted by Gasteiger charge is 2.17. The second-order valence-corrected chi connectivity index (χ2v) is 6.28. The molecule has 0 bridgehead atoms. The van der Waals surface area contributed by atoms with E-state index in [1.165, 1.54) is 0 Å². The molecule has 0 aliphatic heterocycles. The summed E-state index contributed by atoms with van der Waals surface area (Å²) in [6.45, 7) is 3.03. The average molecular weight is 380 g/mol. The van der Waals surface area contributed by atoms with Gasteiger partial charge in [-0.3, -0.25) is 4.79 Å². The Morgan fingerprint density at radius 2 is 1.82 bits per heavy atom. The predicted molar refractivity (Wildman–Crippen MR) is 106 cm³/mol. The minimum absolute atomic E-state index is 0.00908. The second kappa shape index (κ2) is 9.08. The van der Waals surface area contributed by atoms with E-state index in [0.717, 1.165) is 11.1 Å². The van der Waals surface area contributed by atoms with Gasteiger partial charge >= 0.3 is 0 Å². The van der Waals surface area contributed by atoms with Gasteiger partial charge in [0.15, 0.2) is 11.5 Å². The van der Waals surface area contributed by atoms with E-state index < -0.39 is 0 Å². The van der Waals surface area contributed by atoms with Crippen molar-refractivity contribution < 1.29 is 18.7 Å². The maximum atomic E-state index is 12.8. The average Bonchev–Trinajstić information content (AvgIpc) is 3.20. The summed E-state index contributed by atoms with van der Waals surface area (Å²) in [5.74, 6) is 1.82. The van der Waals surface area contributed by atoms with E-state index in [4.69, 9.17) is 13.9 Å². The van der Waals surface area contributed by atoms with Gasteiger partial charge in [-0.05, 0) is 36.8 Å². The number of rotatable bonds is 8. The number of likely N-dealkylation sites (N-methyl/N-ethyl adjacent to an activating group) is 1. The fourth-order valence-electron chi connectivity index (χ4n) is 2.94. The van der Waals surface area contributed by atoms with Crippen molar-refractivity contribution in [3.05, 3.63) is 66.1 Å². The SMILES string of the molecule is CCN(Cc1ccc(OC)c(OC)c1)C(=O)Cc1coc(-c2ccccc2)n1. The molecule has 0 saturated heterocycles. The largest absolute Gasteiger partial charge is 0.493 e. The lowest BCUT2D eigenvalue weighted by Gasteiger charge is -2.21. The zero-order chi connectivity index (χ0) is 19.9. The van der Waals surface area contributed by atoms with Gasteiger partial charge in [0.25, 0.3) is 0 Å². The summed E-state index contributed by atoms with van der Waals surface area (Å²) in [7, 11) is 3.19. The fourth-order valence-corrected chi connectivity index (χ4v) is 2.94. The van der Waals surface area contributed by atoms with Crippen molar-refractivity contribution in [2.24, 2.45) is 0 Å². The highest BCUT2D eigenvalue weighted by Crippen LogP contribution is 2.28. The minimum atomic E-state index is -0.00908. The molecule has 0 atom stereocenters. The van der Waals surface area contributed by atoms with Gasteiger partial charge in [-0.2, -0.15) is 0 Å². The first-order valence-corrected chi connectivity index (χ1v) is 9.13. The zero-order valence-electron chi connectivity index (χ0n) is 16.3. The number of ether oxygens (including phenoxy) is 2. The molecule has 0 spiro atoms. The Hall–Kier alpha value is -3.28. The Balaban J connectivity index is 1.68. The Morgan fingerprint density at radius 3 is 2.50 bits per heavy atom. The van der Waals surface area contributed by atoms with Gasteiger partial charge in [0, 0.05) is 18.7 Å². The molecule has 0 aliphatic carbocycles. The Kier molecular flexibility index (Phi) is 6.32. The first-order valence-electron chi connectivity index (χ1n) is 9.13. The van der Waals surface area contributed by atoms with Crippen molar-refractivity contribution >= 4 is 5.91 Å². The molecule has 0 aliphatic rings. The Labute approximate surface area is 164 Å². The van der Waals surface area contributed by atoms with Crippen molar-refractivity contribution in [3.8, 4) is 23.0 Å². The van der Waals surface area contributed by atoms with E-state index in [2.05, 4.69) is 4.98 Å². The van der Waals surface area contributed by atoms with Crippen LogP contribution in [0.25, 0.3) is 11.5 Å². The highest BCUT2D eigenvalue weighted by molar-refractivity contribution is 5.78. The highest BCUT2D eigenvalue weighted by atomic mass is 16.5. The molecule has 28 heavy (non-hydrogen) atoms. The number of hydrogen-bond donors (Lipinski definition) is 0. The number of benzene rings is 2. The quantitative estimate of drug-likeness (QED) is 0.592. The van der Waals surface area contributed by atoms with Crippen LogP contribution in [0.2, 0.25) is 0 Å². The van der Waals surface area contributed by atoms with E-state index in [-0.39, 0.29) is 12.3 Å². The van der Waals surface area contributed by atoms with Crippen LogP contribution < -0.4 is 9.47 Å². The third-order valence-electron chi connectivity index (χ3n) is 4.46. The van der Waals surface area contributed by atoms with Gasteiger partial charge in [0.05, 0.1) is 26.3 Å². The molecule has 3 aromatic rings. The van der Waals surface area contributed by atoms with Crippen LogP contribution in [-0.4, -0.2) is 36.6 Å². The van der Waals surface area contributed by atoms with Gasteiger partial charge < -0.3 is 18.8 Å². The van der Waals surface area contributed by atoms with Gasteiger partial charge in [0.2, 0.25) is 11.8 Å². The summed E-state index contributed by atoms with van der Waals surface area (Å²) in [4.78, 5) is 19.0. The number of nitrogens with zero attached hydrogens (tertiary/aromatic N) is 2. The summed E-state index contributed by atoms with van der Waals surface area (Å²) in [6.07, 6.45) is 1.74. The molecule has 6 heteroatoms. The van der Waals surface area contributed by atoms with Crippen LogP contribution in [0.15, 0.2) is 59.2 Å². The van der Waals surface area contributed by atoms with E-state index >= 15 is 0 Å². The molecular weight excluding hydrogens is 356 g/mol. The number of aromatic nitrogens is 1. The number of hydrogen-bond acceptors (Lipinski definition) is 5. The normalized spacial score (nSPS) is 10.5. The van der Waals surface area contributed by atoms with E-state index in [9.17, 15) is 4.79 Å². The molecule has 0 unspecified atom stereocenters. The predicted octanol–water partition coefficient (Wildman–Crippen LogP) is 3.95. The topological polar surface area (TPSA) is 64.8 Å². The molecule has 0 fully saturated rings. The van der Waals surface area contributed by atoms with Crippen LogP contribution in [0.1, 0.15) is 18.2 Å². The molecular formula is C22H24N2O4. The molecule has 1 heterocycles. The van der Waals surface area contributed by atoms with Gasteiger partial charge in [-0.25, -0.2) is 4.98 Å². The van der Waals surface area contributed by atoms with Crippen LogP contribution in [0.5, 0.6) is 11.5 Å². The molecule has 0 saturated carbocycles. The monoisotopic (exact) mass is 380 g/mol. The zero-order valence-corrected chi connectivity index (χ0v) is 16.3. The second-order valence-electron chi connectivity index (χ2n) is 6.28. The third kappa shape index (κ3) is 4.52. The summed E-state index contributed by atoms with van der Waals surface area (Å²) < 4.78 is 16.1. The maximum Gasteiger partial charge on any atom is 0.229 e. The molecule has 146 valence electrons. The Morgan fingerprint density at radius 1 is 1.07 bits per heavy atom. The lowest BCUT2D eigenvalue weighted by atomic mass is 10.1. The fraction of sp³-hybridized carbons (Fsp3) is 0.273. The number of methoxy groups -OCH3 is 2. The summed E-state index contributed by atoms with van der Waals surface area (Å²) in [5.41, 5.74) is 2.48. The van der Waals surface area contributed by atoms with Crippen molar-refractivity contribution in [3.63, 3.8) is 0 Å². The molecule has 6 nitrogen and oxygen atoms in total. The third-order valence-corrected chi connectivity index (χ3v) is 4.46. The number of carbonyl (C=O) groups is 1. The lowest BCUT2D eigenvalue weighted by Crippen LogP contribution is -2.31. The minimum Gasteiger partial charge on any atom is -0.493 e. The summed E-state index contributed by atoms with van der Waals surface area (Å²) >= 11 is 0. The van der Waals surface area contributed by atoms with Gasteiger partial charge in [-0.1, -0.05) is 24.3 Å². The number of amides is 1. The number of oxazole rings is 1. The van der Waals surface area contributed by atoms with Crippen molar-refractivity contribution in [2.75, 3.05) is 20.8 Å². The molecule has 0 radical (unpaired) electrons. The van der Waals surface area contributed by atoms with Gasteiger partial charge in [-0.15, -0.1) is 0 Å². The van der Waals surface area contributed by atoms with Crippen LogP contribution >= 0.6 is 0 Å². The first-order chi connectivity index (χ1) is 13.6. The van der Waals surface area contributed by atoms with Crippen LogP contribution in [0.3, 0.4) is 0 Å². The standard InChI is InChI=1S/C22H24N2O4/c1-4-24(14-16-10-11-19(26-2)20(12-16)27-3)21(25)13-18-15-28-22(23-18)17-8-6-5-7-9-17/h5-12,15H,4,13-14H2,1-3H3. The van der Waals surface area contributed by atoms with E-state index in [0.29, 0.717) is 36.2 Å². The first kappa shape index (κ1) is 19.5. The Bertz CT molecular complexity index is 921. The van der Waals surface area contributed by atoms with E-state index in [1.807, 2.05) is 55.5 Å². The van der Waals surface area contributed by atoms with Crippen molar-refractivity contribution in [1.82, 2.24) is 9.88 Å². The summed E-state index contributed by atoms with van der Waals surface area (Å²) in [5, 5.41) is 0. The molecule has 1 amide bonds. The summed E-state index contributed by atoms with van der Waals surface area (Å²) in [6, 6.07) is 15.3.